The van der Waals surface area contributed by atoms with E-state index in [1.54, 1.807) is 0 Å². The first-order valence-electron chi connectivity index (χ1n) is 10.0. The smallest absolute Gasteiger partial charge is 0.416 e. The molecule has 0 bridgehead atoms. The summed E-state index contributed by atoms with van der Waals surface area (Å²) in [5.41, 5.74) is 1.82. The van der Waals surface area contributed by atoms with Crippen LogP contribution in [0.1, 0.15) is 27.0 Å². The second-order valence-electron chi connectivity index (χ2n) is 7.24. The highest BCUT2D eigenvalue weighted by molar-refractivity contribution is 5.96. The number of rotatable bonds is 6. The van der Waals surface area contributed by atoms with Gasteiger partial charge in [-0.25, -0.2) is 4.98 Å². The predicted molar refractivity (Wildman–Crippen MR) is 113 cm³/mol. The standard InChI is InChI=1S/C23H18F3N5O2/c24-23(25,26)17-7-5-15(6-8-17)14-33-21-18(20(32)28-11-10-27)13-29-22(30-21)31-12-9-16-3-1-2-4-19(16)31/h1-8,13H,9,11-12,14H2,(H,28,32). The van der Waals surface area contributed by atoms with Gasteiger partial charge in [-0.2, -0.15) is 23.4 Å². The first-order valence-corrected chi connectivity index (χ1v) is 10.0. The Morgan fingerprint density at radius 1 is 1.18 bits per heavy atom. The number of nitrogens with zero attached hydrogens (tertiary/aromatic N) is 4. The number of hydrogen-bond donors (Lipinski definition) is 1. The maximum Gasteiger partial charge on any atom is 0.416 e. The van der Waals surface area contributed by atoms with Crippen molar-refractivity contribution in [2.75, 3.05) is 18.0 Å². The zero-order chi connectivity index (χ0) is 23.4. The molecule has 1 amide bonds. The molecule has 0 radical (unpaired) electrons. The van der Waals surface area contributed by atoms with Gasteiger partial charge in [0.25, 0.3) is 5.91 Å². The number of aromatic nitrogens is 2. The van der Waals surface area contributed by atoms with Crippen LogP contribution in [0.3, 0.4) is 0 Å². The highest BCUT2D eigenvalue weighted by atomic mass is 19.4. The average Bonchev–Trinajstić information content (AvgIpc) is 3.25. The topological polar surface area (TPSA) is 91.1 Å². The van der Waals surface area contributed by atoms with Crippen molar-refractivity contribution < 1.29 is 22.7 Å². The van der Waals surface area contributed by atoms with E-state index >= 15 is 0 Å². The van der Waals surface area contributed by atoms with Crippen LogP contribution in [0, 0.1) is 11.3 Å². The second kappa shape index (κ2) is 9.16. The maximum atomic E-state index is 12.8. The Hall–Kier alpha value is -4.13. The quantitative estimate of drug-likeness (QED) is 0.567. The molecule has 1 aliphatic heterocycles. The Bertz CT molecular complexity index is 1210. The number of para-hydroxylation sites is 1. The van der Waals surface area contributed by atoms with E-state index in [9.17, 15) is 18.0 Å². The summed E-state index contributed by atoms with van der Waals surface area (Å²) in [7, 11) is 0. The van der Waals surface area contributed by atoms with Crippen LogP contribution < -0.4 is 15.0 Å². The number of nitrogens with one attached hydrogen (secondary N) is 1. The summed E-state index contributed by atoms with van der Waals surface area (Å²) in [6.45, 7) is 0.333. The Balaban J connectivity index is 1.60. The summed E-state index contributed by atoms with van der Waals surface area (Å²) in [5, 5.41) is 11.1. The van der Waals surface area contributed by atoms with Crippen molar-refractivity contribution in [2.45, 2.75) is 19.2 Å². The van der Waals surface area contributed by atoms with E-state index in [-0.39, 0.29) is 24.6 Å². The van der Waals surface area contributed by atoms with E-state index in [0.29, 0.717) is 18.1 Å². The first-order chi connectivity index (χ1) is 15.9. The van der Waals surface area contributed by atoms with Crippen LogP contribution in [0.5, 0.6) is 5.88 Å². The Morgan fingerprint density at radius 3 is 2.67 bits per heavy atom. The van der Waals surface area contributed by atoms with Crippen molar-refractivity contribution in [2.24, 2.45) is 0 Å². The molecule has 0 fully saturated rings. The van der Waals surface area contributed by atoms with Crippen LogP contribution in [0.25, 0.3) is 0 Å². The van der Waals surface area contributed by atoms with Gasteiger partial charge in [0.15, 0.2) is 0 Å². The highest BCUT2D eigenvalue weighted by Crippen LogP contribution is 2.33. The van der Waals surface area contributed by atoms with Gasteiger partial charge in [0, 0.05) is 18.4 Å². The molecule has 2 heterocycles. The lowest BCUT2D eigenvalue weighted by molar-refractivity contribution is -0.137. The number of fused-ring (bicyclic) bond motifs is 1. The second-order valence-corrected chi connectivity index (χ2v) is 7.24. The molecule has 7 nitrogen and oxygen atoms in total. The minimum absolute atomic E-state index is 0.0217. The van der Waals surface area contributed by atoms with Gasteiger partial charge >= 0.3 is 6.18 Å². The number of alkyl halides is 3. The van der Waals surface area contributed by atoms with Gasteiger partial charge < -0.3 is 15.0 Å². The maximum absolute atomic E-state index is 12.8. The minimum atomic E-state index is -4.43. The normalized spacial score (nSPS) is 12.7. The van der Waals surface area contributed by atoms with Crippen LogP contribution in [-0.4, -0.2) is 29.0 Å². The van der Waals surface area contributed by atoms with Crippen LogP contribution in [-0.2, 0) is 19.2 Å². The molecule has 33 heavy (non-hydrogen) atoms. The fourth-order valence-corrected chi connectivity index (χ4v) is 3.46. The number of halogens is 3. The Morgan fingerprint density at radius 2 is 1.94 bits per heavy atom. The summed E-state index contributed by atoms with van der Waals surface area (Å²) in [6.07, 6.45) is -2.30. The van der Waals surface area contributed by atoms with Crippen LogP contribution >= 0.6 is 0 Å². The molecule has 0 atom stereocenters. The molecule has 0 unspecified atom stereocenters. The van der Waals surface area contributed by atoms with E-state index in [0.717, 1.165) is 29.8 Å². The molecule has 1 N–H and O–H groups in total. The van der Waals surface area contributed by atoms with E-state index in [4.69, 9.17) is 10.00 Å². The zero-order valence-electron chi connectivity index (χ0n) is 17.3. The van der Waals surface area contributed by atoms with E-state index in [1.807, 2.05) is 35.2 Å². The fourth-order valence-electron chi connectivity index (χ4n) is 3.46. The molecule has 2 aromatic carbocycles. The van der Waals surface area contributed by atoms with Gasteiger partial charge in [-0.3, -0.25) is 4.79 Å². The molecule has 1 aromatic heterocycles. The van der Waals surface area contributed by atoms with Gasteiger partial charge in [0.2, 0.25) is 11.8 Å². The third-order valence-electron chi connectivity index (χ3n) is 5.10. The number of carbonyl (C=O) groups is 1. The third-order valence-corrected chi connectivity index (χ3v) is 5.10. The van der Waals surface area contributed by atoms with Crippen molar-refractivity contribution >= 4 is 17.5 Å². The number of hydrogen-bond acceptors (Lipinski definition) is 6. The highest BCUT2D eigenvalue weighted by Gasteiger charge is 2.30. The number of benzene rings is 2. The molecule has 0 aliphatic carbocycles. The molecule has 1 aliphatic rings. The van der Waals surface area contributed by atoms with Crippen LogP contribution in [0.15, 0.2) is 54.7 Å². The number of amides is 1. The largest absolute Gasteiger partial charge is 0.472 e. The Labute approximate surface area is 187 Å². The first kappa shape index (κ1) is 22.1. The Kier molecular flexibility index (Phi) is 6.13. The van der Waals surface area contributed by atoms with Gasteiger partial charge in [-0.1, -0.05) is 30.3 Å². The third kappa shape index (κ3) is 4.87. The number of carbonyl (C=O) groups excluding carboxylic acids is 1. The van der Waals surface area contributed by atoms with E-state index in [2.05, 4.69) is 15.3 Å². The van der Waals surface area contributed by atoms with Gasteiger partial charge in [0.05, 0.1) is 11.6 Å². The van der Waals surface area contributed by atoms with Crippen molar-refractivity contribution in [1.29, 1.82) is 5.26 Å². The SMILES string of the molecule is N#CCNC(=O)c1cnc(N2CCc3ccccc32)nc1OCc1ccc(C(F)(F)F)cc1. The summed E-state index contributed by atoms with van der Waals surface area (Å²) >= 11 is 0. The van der Waals surface area contributed by atoms with Crippen LogP contribution in [0.2, 0.25) is 0 Å². The van der Waals surface area contributed by atoms with Crippen molar-refractivity contribution in [3.05, 3.63) is 77.0 Å². The van der Waals surface area contributed by atoms with E-state index in [1.165, 1.54) is 18.3 Å². The molecule has 168 valence electrons. The van der Waals surface area contributed by atoms with E-state index < -0.39 is 17.6 Å². The average molecular weight is 453 g/mol. The lowest BCUT2D eigenvalue weighted by atomic mass is 10.1. The van der Waals surface area contributed by atoms with Gasteiger partial charge in [0.1, 0.15) is 18.7 Å². The summed E-state index contributed by atoms with van der Waals surface area (Å²) in [6, 6.07) is 14.2. The van der Waals surface area contributed by atoms with Crippen molar-refractivity contribution in [3.63, 3.8) is 0 Å². The molecular formula is C23H18F3N5O2. The molecule has 0 saturated heterocycles. The molecule has 0 saturated carbocycles. The lowest BCUT2D eigenvalue weighted by Crippen LogP contribution is -2.25. The molecular weight excluding hydrogens is 435 g/mol. The zero-order valence-corrected chi connectivity index (χ0v) is 17.3. The molecule has 3 aromatic rings. The van der Waals surface area contributed by atoms with Crippen LogP contribution in [0.4, 0.5) is 24.8 Å². The van der Waals surface area contributed by atoms with Gasteiger partial charge in [-0.15, -0.1) is 0 Å². The molecule has 4 rings (SSSR count). The number of nitriles is 1. The lowest BCUT2D eigenvalue weighted by Gasteiger charge is -2.19. The molecule has 10 heteroatoms. The van der Waals surface area contributed by atoms with Crippen molar-refractivity contribution in [3.8, 4) is 11.9 Å². The number of ether oxygens (including phenoxy) is 1. The van der Waals surface area contributed by atoms with Gasteiger partial charge in [-0.05, 0) is 35.7 Å². The predicted octanol–water partition coefficient (Wildman–Crippen LogP) is 4.02. The summed E-state index contributed by atoms with van der Waals surface area (Å²) in [4.78, 5) is 23.1. The fraction of sp³-hybridized carbons (Fsp3) is 0.217. The monoisotopic (exact) mass is 453 g/mol. The minimum Gasteiger partial charge on any atom is -0.472 e. The summed E-state index contributed by atoms with van der Waals surface area (Å²) in [5.74, 6) is -0.286. The van der Waals surface area contributed by atoms with Crippen molar-refractivity contribution in [1.82, 2.24) is 15.3 Å². The number of anilines is 2. The summed E-state index contributed by atoms with van der Waals surface area (Å²) < 4.78 is 44.1. The molecule has 0 spiro atoms.